The summed E-state index contributed by atoms with van der Waals surface area (Å²) in [6.07, 6.45) is -4.51. The normalized spacial score (nSPS) is 13.8. The number of aliphatic hydroxyl groups excluding tert-OH is 1. The van der Waals surface area contributed by atoms with Crippen molar-refractivity contribution >= 4 is 9.84 Å². The molecule has 0 saturated heterocycles. The molecule has 5 nitrogen and oxygen atoms in total. The average Bonchev–Trinajstić information content (AvgIpc) is 2.85. The van der Waals surface area contributed by atoms with Gasteiger partial charge in [-0.3, -0.25) is 4.90 Å². The topological polar surface area (TPSA) is 66.8 Å². The van der Waals surface area contributed by atoms with E-state index in [1.807, 2.05) is 11.8 Å². The molecule has 0 bridgehead atoms. The van der Waals surface area contributed by atoms with Crippen LogP contribution in [-0.4, -0.2) is 44.4 Å². The van der Waals surface area contributed by atoms with Crippen molar-refractivity contribution in [3.05, 3.63) is 94.6 Å². The fraction of sp³-hybridized carbons (Fsp3) is 0.379. The van der Waals surface area contributed by atoms with Crippen LogP contribution in [-0.2, 0) is 22.6 Å². The smallest absolute Gasteiger partial charge is 0.416 e. The minimum absolute atomic E-state index is 0.0218. The molecule has 0 aromatic heterocycles. The van der Waals surface area contributed by atoms with E-state index in [0.29, 0.717) is 25.1 Å². The number of rotatable bonds is 12. The summed E-state index contributed by atoms with van der Waals surface area (Å²) in [7, 11) is -3.85. The van der Waals surface area contributed by atoms with Crippen molar-refractivity contribution in [1.29, 1.82) is 0 Å². The van der Waals surface area contributed by atoms with Crippen LogP contribution >= 0.6 is 0 Å². The van der Waals surface area contributed by atoms with E-state index in [1.54, 1.807) is 18.2 Å². The van der Waals surface area contributed by atoms with Crippen LogP contribution in [0.5, 0.6) is 5.75 Å². The summed E-state index contributed by atoms with van der Waals surface area (Å²) in [5.41, 5.74) is 0.255. The Morgan fingerprint density at radius 1 is 1.00 bits per heavy atom. The fourth-order valence-electron chi connectivity index (χ4n) is 4.47. The number of alkyl halides is 3. The first-order valence-corrected chi connectivity index (χ1v) is 14.5. The highest BCUT2D eigenvalue weighted by atomic mass is 32.2. The van der Waals surface area contributed by atoms with Crippen molar-refractivity contribution in [2.75, 3.05) is 26.0 Å². The van der Waals surface area contributed by atoms with Crippen molar-refractivity contribution in [2.24, 2.45) is 0 Å². The van der Waals surface area contributed by atoms with Gasteiger partial charge in [-0.15, -0.1) is 0 Å². The first-order chi connectivity index (χ1) is 18.6. The minimum atomic E-state index is -4.47. The zero-order valence-electron chi connectivity index (χ0n) is 22.4. The van der Waals surface area contributed by atoms with Gasteiger partial charge in [-0.25, -0.2) is 17.2 Å². The first-order valence-electron chi connectivity index (χ1n) is 12.6. The summed E-state index contributed by atoms with van der Waals surface area (Å²) < 4.78 is 97.6. The van der Waals surface area contributed by atoms with Crippen LogP contribution in [0, 0.1) is 11.6 Å². The highest BCUT2D eigenvalue weighted by Gasteiger charge is 2.30. The maximum Gasteiger partial charge on any atom is 0.416 e. The lowest BCUT2D eigenvalue weighted by Crippen LogP contribution is -2.29. The summed E-state index contributed by atoms with van der Waals surface area (Å²) in [6.45, 7) is 4.33. The Balaban J connectivity index is 1.74. The summed E-state index contributed by atoms with van der Waals surface area (Å²) in [5.74, 6) is -1.36. The standard InChI is InChI=1S/C29H32F5NO4S/c1-19(22-8-10-24(30)11-9-22)17-35(18-21-6-4-7-23(14-21)29(32,33)34)12-5-13-39-25-15-26(31)28(20(2)36)27(16-25)40(3,37)38/h4,6-11,14-16,19-20,36H,5,12-13,17-18H2,1-3H3. The van der Waals surface area contributed by atoms with E-state index in [0.717, 1.165) is 36.1 Å². The van der Waals surface area contributed by atoms with Crippen molar-refractivity contribution in [2.45, 2.75) is 49.9 Å². The lowest BCUT2D eigenvalue weighted by atomic mass is 10.00. The van der Waals surface area contributed by atoms with E-state index in [2.05, 4.69) is 0 Å². The SMILES string of the molecule is CC(O)c1c(F)cc(OCCCN(Cc2cccc(C(F)(F)F)c2)CC(C)c2ccc(F)cc2)cc1S(C)(=O)=O. The third-order valence-corrected chi connectivity index (χ3v) is 7.54. The van der Waals surface area contributed by atoms with E-state index in [9.17, 15) is 35.5 Å². The average molecular weight is 586 g/mol. The molecule has 0 aliphatic heterocycles. The number of sulfone groups is 1. The van der Waals surface area contributed by atoms with Crippen LogP contribution in [0.25, 0.3) is 0 Å². The third-order valence-electron chi connectivity index (χ3n) is 6.40. The molecule has 3 aromatic carbocycles. The maximum atomic E-state index is 14.6. The Morgan fingerprint density at radius 3 is 2.27 bits per heavy atom. The highest BCUT2D eigenvalue weighted by Crippen LogP contribution is 2.31. The number of aliphatic hydroxyl groups is 1. The molecule has 218 valence electrons. The second-order valence-corrected chi connectivity index (χ2v) is 11.8. The van der Waals surface area contributed by atoms with Gasteiger partial charge in [-0.05, 0) is 54.7 Å². The van der Waals surface area contributed by atoms with Gasteiger partial charge in [-0.1, -0.05) is 37.3 Å². The fourth-order valence-corrected chi connectivity index (χ4v) is 5.46. The lowest BCUT2D eigenvalue weighted by molar-refractivity contribution is -0.137. The molecule has 3 aromatic rings. The maximum absolute atomic E-state index is 14.6. The second-order valence-electron chi connectivity index (χ2n) is 9.85. The van der Waals surface area contributed by atoms with Crippen molar-refractivity contribution < 1.29 is 40.2 Å². The van der Waals surface area contributed by atoms with Crippen molar-refractivity contribution in [1.82, 2.24) is 4.90 Å². The largest absolute Gasteiger partial charge is 0.493 e. The van der Waals surface area contributed by atoms with E-state index < -0.39 is 33.5 Å². The molecular formula is C29H32F5NO4S. The lowest BCUT2D eigenvalue weighted by Gasteiger charge is -2.26. The van der Waals surface area contributed by atoms with Crippen molar-refractivity contribution in [3.63, 3.8) is 0 Å². The van der Waals surface area contributed by atoms with Gasteiger partial charge in [0.2, 0.25) is 0 Å². The molecule has 2 atom stereocenters. The zero-order valence-corrected chi connectivity index (χ0v) is 23.2. The predicted molar refractivity (Wildman–Crippen MR) is 142 cm³/mol. The molecule has 0 heterocycles. The van der Waals surface area contributed by atoms with Gasteiger partial charge in [0.25, 0.3) is 0 Å². The summed E-state index contributed by atoms with van der Waals surface area (Å²) in [6, 6.07) is 13.3. The Hall–Kier alpha value is -3.02. The van der Waals surface area contributed by atoms with Crippen molar-refractivity contribution in [3.8, 4) is 5.75 Å². The number of benzene rings is 3. The summed E-state index contributed by atoms with van der Waals surface area (Å²) >= 11 is 0. The van der Waals surface area contributed by atoms with Crippen LogP contribution in [0.2, 0.25) is 0 Å². The molecule has 0 amide bonds. The highest BCUT2D eigenvalue weighted by molar-refractivity contribution is 7.90. The number of hydrogen-bond donors (Lipinski definition) is 1. The third kappa shape index (κ3) is 8.74. The molecule has 0 aliphatic rings. The van der Waals surface area contributed by atoms with Gasteiger partial charge < -0.3 is 9.84 Å². The molecule has 0 radical (unpaired) electrons. The predicted octanol–water partition coefficient (Wildman–Crippen LogP) is 6.52. The first kappa shape index (κ1) is 31.5. The van der Waals surface area contributed by atoms with Gasteiger partial charge in [-0.2, -0.15) is 13.2 Å². The minimum Gasteiger partial charge on any atom is -0.493 e. The van der Waals surface area contributed by atoms with E-state index in [-0.39, 0.29) is 41.1 Å². The number of ether oxygens (including phenoxy) is 1. The van der Waals surface area contributed by atoms with Gasteiger partial charge in [0.1, 0.15) is 17.4 Å². The monoisotopic (exact) mass is 585 g/mol. The molecular weight excluding hydrogens is 553 g/mol. The van der Waals surface area contributed by atoms with Gasteiger partial charge >= 0.3 is 6.18 Å². The molecule has 0 fully saturated rings. The molecule has 11 heteroatoms. The Labute approximate surface area is 231 Å². The zero-order chi connectivity index (χ0) is 29.7. The van der Waals surface area contributed by atoms with Gasteiger partial charge in [0.15, 0.2) is 9.84 Å². The van der Waals surface area contributed by atoms with Gasteiger partial charge in [0.05, 0.1) is 23.2 Å². The second kappa shape index (κ2) is 13.1. The van der Waals surface area contributed by atoms with Crippen LogP contribution in [0.3, 0.4) is 0 Å². The van der Waals surface area contributed by atoms with E-state index >= 15 is 0 Å². The summed E-state index contributed by atoms with van der Waals surface area (Å²) in [4.78, 5) is 1.59. The summed E-state index contributed by atoms with van der Waals surface area (Å²) in [5, 5.41) is 9.83. The molecule has 1 N–H and O–H groups in total. The number of halogens is 5. The molecule has 0 aliphatic carbocycles. The van der Waals surface area contributed by atoms with E-state index in [1.165, 1.54) is 25.1 Å². The van der Waals surface area contributed by atoms with Crippen LogP contribution in [0.15, 0.2) is 65.6 Å². The number of nitrogens with zero attached hydrogens (tertiary/aromatic N) is 1. The van der Waals surface area contributed by atoms with Gasteiger partial charge in [0, 0.05) is 37.5 Å². The molecule has 0 spiro atoms. The molecule has 3 rings (SSSR count). The molecule has 40 heavy (non-hydrogen) atoms. The Morgan fingerprint density at radius 2 is 1.68 bits per heavy atom. The van der Waals surface area contributed by atoms with Crippen LogP contribution in [0.1, 0.15) is 54.5 Å². The van der Waals surface area contributed by atoms with E-state index in [4.69, 9.17) is 4.74 Å². The number of hydrogen-bond acceptors (Lipinski definition) is 5. The van der Waals surface area contributed by atoms with Crippen LogP contribution in [0.4, 0.5) is 22.0 Å². The molecule has 0 saturated carbocycles. The van der Waals surface area contributed by atoms with Crippen LogP contribution < -0.4 is 4.74 Å². The quantitative estimate of drug-likeness (QED) is 0.194. The molecule has 2 unspecified atom stereocenters. The Bertz CT molecular complexity index is 1390. The Kier molecular flexibility index (Phi) is 10.3.